The number of halogens is 1. The maximum Gasteiger partial charge on any atom is 0.240 e. The van der Waals surface area contributed by atoms with Crippen LogP contribution in [-0.2, 0) is 26.4 Å². The van der Waals surface area contributed by atoms with Crippen LogP contribution in [0.4, 0.5) is 4.39 Å². The number of hydrogen-bond acceptors (Lipinski definition) is 6. The van der Waals surface area contributed by atoms with Crippen molar-refractivity contribution in [2.45, 2.75) is 23.3 Å². The van der Waals surface area contributed by atoms with Gasteiger partial charge in [0.1, 0.15) is 11.6 Å². The molecule has 3 aromatic rings. The number of sulfone groups is 1. The van der Waals surface area contributed by atoms with Crippen molar-refractivity contribution >= 4 is 19.9 Å². The van der Waals surface area contributed by atoms with Crippen molar-refractivity contribution < 1.29 is 26.0 Å². The third-order valence-electron chi connectivity index (χ3n) is 4.19. The van der Waals surface area contributed by atoms with Gasteiger partial charge in [0.15, 0.2) is 9.84 Å². The van der Waals surface area contributed by atoms with Gasteiger partial charge in [-0.05, 0) is 42.5 Å². The Kier molecular flexibility index (Phi) is 6.49. The zero-order valence-electron chi connectivity index (χ0n) is 15.9. The molecule has 0 saturated carbocycles. The molecule has 30 heavy (non-hydrogen) atoms. The van der Waals surface area contributed by atoms with Crippen LogP contribution in [0.2, 0.25) is 0 Å². The lowest BCUT2D eigenvalue weighted by Gasteiger charge is -2.11. The first kappa shape index (κ1) is 21.9. The summed E-state index contributed by atoms with van der Waals surface area (Å²) in [6.07, 6.45) is 1.47. The van der Waals surface area contributed by atoms with Gasteiger partial charge in [-0.1, -0.05) is 19.1 Å². The molecule has 0 unspecified atom stereocenters. The molecule has 2 aromatic carbocycles. The van der Waals surface area contributed by atoms with E-state index in [4.69, 9.17) is 4.74 Å². The van der Waals surface area contributed by atoms with Gasteiger partial charge in [0, 0.05) is 24.4 Å². The quantitative estimate of drug-likeness (QED) is 0.565. The number of ether oxygens (including phenoxy) is 1. The van der Waals surface area contributed by atoms with Crippen LogP contribution in [0.1, 0.15) is 12.5 Å². The van der Waals surface area contributed by atoms with Gasteiger partial charge in [-0.2, -0.15) is 0 Å². The molecule has 0 saturated heterocycles. The van der Waals surface area contributed by atoms with Crippen LogP contribution in [0.25, 0.3) is 0 Å². The van der Waals surface area contributed by atoms with E-state index in [1.807, 2.05) is 0 Å². The molecule has 0 atom stereocenters. The standard InChI is InChI=1S/C20H19FN2O5S2/c1-2-29(24,25)18-8-10-19(11-9-18)30(26,27)23-14-15-5-4-12-22-20(15)28-17-7-3-6-16(21)13-17/h3-13,23H,2,14H2,1H3. The average Bonchev–Trinajstić information content (AvgIpc) is 2.73. The van der Waals surface area contributed by atoms with Crippen molar-refractivity contribution in [3.63, 3.8) is 0 Å². The van der Waals surface area contributed by atoms with Crippen molar-refractivity contribution in [1.82, 2.24) is 9.71 Å². The minimum atomic E-state index is -3.91. The Labute approximate surface area is 174 Å². The van der Waals surface area contributed by atoms with Crippen LogP contribution in [-0.4, -0.2) is 27.6 Å². The number of nitrogens with zero attached hydrogens (tertiary/aromatic N) is 1. The summed E-state index contributed by atoms with van der Waals surface area (Å²) < 4.78 is 70.3. The number of benzene rings is 2. The first-order chi connectivity index (χ1) is 14.2. The lowest BCUT2D eigenvalue weighted by atomic mass is 10.3. The normalized spacial score (nSPS) is 11.9. The second-order valence-corrected chi connectivity index (χ2v) is 10.3. The average molecular weight is 451 g/mol. The van der Waals surface area contributed by atoms with Gasteiger partial charge in [-0.3, -0.25) is 0 Å². The molecule has 0 spiro atoms. The highest BCUT2D eigenvalue weighted by molar-refractivity contribution is 7.91. The van der Waals surface area contributed by atoms with E-state index in [-0.39, 0.29) is 33.7 Å². The molecule has 0 bridgehead atoms. The molecule has 158 valence electrons. The molecule has 0 aliphatic heterocycles. The third kappa shape index (κ3) is 5.21. The lowest BCUT2D eigenvalue weighted by molar-refractivity contribution is 0.451. The second-order valence-electron chi connectivity index (χ2n) is 6.23. The van der Waals surface area contributed by atoms with Gasteiger partial charge in [0.05, 0.1) is 15.5 Å². The van der Waals surface area contributed by atoms with Crippen LogP contribution in [0, 0.1) is 5.82 Å². The van der Waals surface area contributed by atoms with Crippen molar-refractivity contribution in [3.8, 4) is 11.6 Å². The number of pyridine rings is 1. The first-order valence-corrected chi connectivity index (χ1v) is 12.0. The highest BCUT2D eigenvalue weighted by Gasteiger charge is 2.18. The maximum atomic E-state index is 13.4. The van der Waals surface area contributed by atoms with Crippen molar-refractivity contribution in [1.29, 1.82) is 0 Å². The Balaban J connectivity index is 1.76. The van der Waals surface area contributed by atoms with Crippen molar-refractivity contribution in [2.75, 3.05) is 5.75 Å². The fraction of sp³-hybridized carbons (Fsp3) is 0.150. The smallest absolute Gasteiger partial charge is 0.240 e. The van der Waals surface area contributed by atoms with Gasteiger partial charge in [-0.15, -0.1) is 0 Å². The number of rotatable bonds is 8. The molecule has 0 amide bonds. The van der Waals surface area contributed by atoms with E-state index in [0.717, 1.165) is 0 Å². The fourth-order valence-electron chi connectivity index (χ4n) is 2.54. The number of sulfonamides is 1. The SMILES string of the molecule is CCS(=O)(=O)c1ccc(S(=O)(=O)NCc2cccnc2Oc2cccc(F)c2)cc1. The zero-order chi connectivity index (χ0) is 21.8. The lowest BCUT2D eigenvalue weighted by Crippen LogP contribution is -2.23. The van der Waals surface area contributed by atoms with Gasteiger partial charge in [0.2, 0.25) is 15.9 Å². The Morgan fingerprint density at radius 2 is 1.67 bits per heavy atom. The first-order valence-electron chi connectivity index (χ1n) is 8.91. The molecule has 10 heteroatoms. The Bertz CT molecular complexity index is 1240. The molecule has 0 aliphatic carbocycles. The number of nitrogens with one attached hydrogen (secondary N) is 1. The minimum Gasteiger partial charge on any atom is -0.439 e. The van der Waals surface area contributed by atoms with Gasteiger partial charge in [0.25, 0.3) is 0 Å². The van der Waals surface area contributed by atoms with Crippen LogP contribution in [0.15, 0.2) is 76.7 Å². The van der Waals surface area contributed by atoms with Crippen LogP contribution < -0.4 is 9.46 Å². The summed E-state index contributed by atoms with van der Waals surface area (Å²) in [4.78, 5) is 4.06. The van der Waals surface area contributed by atoms with E-state index in [1.54, 1.807) is 18.2 Å². The topological polar surface area (TPSA) is 102 Å². The molecule has 3 rings (SSSR count). The molecule has 1 N–H and O–H groups in total. The summed E-state index contributed by atoms with van der Waals surface area (Å²) in [7, 11) is -7.33. The number of aromatic nitrogens is 1. The largest absolute Gasteiger partial charge is 0.439 e. The molecule has 0 fully saturated rings. The van der Waals surface area contributed by atoms with Gasteiger partial charge in [-0.25, -0.2) is 30.9 Å². The molecular weight excluding hydrogens is 431 g/mol. The second kappa shape index (κ2) is 8.90. The molecule has 7 nitrogen and oxygen atoms in total. The van der Waals surface area contributed by atoms with E-state index >= 15 is 0 Å². The summed E-state index contributed by atoms with van der Waals surface area (Å²) in [5.74, 6) is -0.188. The summed E-state index contributed by atoms with van der Waals surface area (Å²) in [5.41, 5.74) is 0.440. The molecule has 0 radical (unpaired) electrons. The summed E-state index contributed by atoms with van der Waals surface area (Å²) in [5, 5.41) is 0. The van der Waals surface area contributed by atoms with E-state index in [1.165, 1.54) is 55.6 Å². The molecule has 1 aromatic heterocycles. The van der Waals surface area contributed by atoms with Gasteiger partial charge < -0.3 is 4.74 Å². The van der Waals surface area contributed by atoms with E-state index in [9.17, 15) is 21.2 Å². The predicted molar refractivity (Wildman–Crippen MR) is 109 cm³/mol. The maximum absolute atomic E-state index is 13.4. The summed E-state index contributed by atoms with van der Waals surface area (Å²) in [6, 6.07) is 13.7. The van der Waals surface area contributed by atoms with Crippen molar-refractivity contribution in [2.24, 2.45) is 0 Å². The molecule has 1 heterocycles. The number of hydrogen-bond donors (Lipinski definition) is 1. The third-order valence-corrected chi connectivity index (χ3v) is 7.35. The highest BCUT2D eigenvalue weighted by atomic mass is 32.2. The van der Waals surface area contributed by atoms with Crippen LogP contribution in [0.5, 0.6) is 11.6 Å². The minimum absolute atomic E-state index is 0.0574. The Morgan fingerprint density at radius 3 is 2.33 bits per heavy atom. The Morgan fingerprint density at radius 1 is 0.967 bits per heavy atom. The predicted octanol–water partition coefficient (Wildman–Crippen LogP) is 3.29. The van der Waals surface area contributed by atoms with E-state index in [2.05, 4.69) is 9.71 Å². The monoisotopic (exact) mass is 450 g/mol. The molecular formula is C20H19FN2O5S2. The van der Waals surface area contributed by atoms with Crippen LogP contribution >= 0.6 is 0 Å². The highest BCUT2D eigenvalue weighted by Crippen LogP contribution is 2.24. The van der Waals surface area contributed by atoms with E-state index < -0.39 is 25.7 Å². The molecule has 0 aliphatic rings. The van der Waals surface area contributed by atoms with Crippen molar-refractivity contribution in [3.05, 3.63) is 78.2 Å². The summed E-state index contributed by atoms with van der Waals surface area (Å²) in [6.45, 7) is 1.38. The van der Waals surface area contributed by atoms with Crippen LogP contribution in [0.3, 0.4) is 0 Å². The Hall–Kier alpha value is -2.82. The van der Waals surface area contributed by atoms with Gasteiger partial charge >= 0.3 is 0 Å². The summed E-state index contributed by atoms with van der Waals surface area (Å²) >= 11 is 0. The fourth-order valence-corrected chi connectivity index (χ4v) is 4.43. The zero-order valence-corrected chi connectivity index (χ0v) is 17.6. The van der Waals surface area contributed by atoms with E-state index in [0.29, 0.717) is 5.56 Å².